The molecule has 1 rings (SSSR count). The normalized spacial score (nSPS) is 20.4. The number of nitrogens with zero attached hydrogens (tertiary/aromatic N) is 1. The molecule has 0 saturated carbocycles. The number of carbonyl (C=O) groups excluding carboxylic acids is 1. The number of hydrogen-bond donors (Lipinski definition) is 3. The molecule has 0 aromatic heterocycles. The number of urea groups is 1. The van der Waals surface area contributed by atoms with Gasteiger partial charge in [-0.05, 0) is 65.1 Å². The van der Waals surface area contributed by atoms with Gasteiger partial charge in [-0.25, -0.2) is 4.79 Å². The van der Waals surface area contributed by atoms with Crippen molar-refractivity contribution in [1.82, 2.24) is 15.5 Å². The van der Waals surface area contributed by atoms with E-state index >= 15 is 0 Å². The second-order valence-corrected chi connectivity index (χ2v) is 6.30. The standard InChI is InChI=1S/C15H31N3O2/c1-4-15(2,8-12-19)17-14(20)16-9-5-13-6-10-18(3)11-7-13/h13,19H,4-12H2,1-3H3,(H2,16,17,20). The van der Waals surface area contributed by atoms with Crippen molar-refractivity contribution < 1.29 is 9.90 Å². The van der Waals surface area contributed by atoms with Gasteiger partial charge < -0.3 is 20.6 Å². The predicted molar refractivity (Wildman–Crippen MR) is 81.8 cm³/mol. The summed E-state index contributed by atoms with van der Waals surface area (Å²) >= 11 is 0. The molecule has 5 nitrogen and oxygen atoms in total. The van der Waals surface area contributed by atoms with Gasteiger partial charge in [-0.2, -0.15) is 0 Å². The van der Waals surface area contributed by atoms with Gasteiger partial charge in [0.15, 0.2) is 0 Å². The minimum absolute atomic E-state index is 0.0974. The van der Waals surface area contributed by atoms with Crippen LogP contribution in [0.1, 0.15) is 46.0 Å². The Morgan fingerprint density at radius 1 is 1.40 bits per heavy atom. The average Bonchev–Trinajstić information content (AvgIpc) is 2.41. The Balaban J connectivity index is 2.19. The van der Waals surface area contributed by atoms with E-state index in [9.17, 15) is 4.79 Å². The molecule has 0 aliphatic carbocycles. The molecule has 0 radical (unpaired) electrons. The Morgan fingerprint density at radius 3 is 2.60 bits per heavy atom. The number of nitrogens with one attached hydrogen (secondary N) is 2. The largest absolute Gasteiger partial charge is 0.396 e. The molecule has 1 aliphatic heterocycles. The van der Waals surface area contributed by atoms with Crippen LogP contribution >= 0.6 is 0 Å². The van der Waals surface area contributed by atoms with Crippen LogP contribution in [0.3, 0.4) is 0 Å². The molecule has 20 heavy (non-hydrogen) atoms. The van der Waals surface area contributed by atoms with Gasteiger partial charge in [0, 0.05) is 18.7 Å². The molecule has 1 saturated heterocycles. The van der Waals surface area contributed by atoms with E-state index in [4.69, 9.17) is 5.11 Å². The van der Waals surface area contributed by atoms with E-state index in [0.717, 1.165) is 25.3 Å². The number of aliphatic hydroxyl groups is 1. The summed E-state index contributed by atoms with van der Waals surface area (Å²) in [6.45, 7) is 7.16. The third kappa shape index (κ3) is 6.09. The fraction of sp³-hybridized carbons (Fsp3) is 0.933. The molecule has 5 heteroatoms. The quantitative estimate of drug-likeness (QED) is 0.665. The van der Waals surface area contributed by atoms with Crippen LogP contribution in [0.25, 0.3) is 0 Å². The van der Waals surface area contributed by atoms with Crippen molar-refractivity contribution in [2.75, 3.05) is 33.3 Å². The molecular formula is C15H31N3O2. The number of carbonyl (C=O) groups is 1. The number of amides is 2. The molecule has 1 atom stereocenters. The van der Waals surface area contributed by atoms with Crippen LogP contribution in [0.4, 0.5) is 4.79 Å². The highest BCUT2D eigenvalue weighted by molar-refractivity contribution is 5.74. The number of likely N-dealkylation sites (tertiary alicyclic amines) is 1. The summed E-state index contributed by atoms with van der Waals surface area (Å²) in [6, 6.07) is -0.115. The van der Waals surface area contributed by atoms with Crippen molar-refractivity contribution in [3.05, 3.63) is 0 Å². The monoisotopic (exact) mass is 285 g/mol. The number of hydrogen-bond acceptors (Lipinski definition) is 3. The summed E-state index contributed by atoms with van der Waals surface area (Å²) in [5.41, 5.74) is -0.313. The minimum atomic E-state index is -0.313. The van der Waals surface area contributed by atoms with Gasteiger partial charge in [0.1, 0.15) is 0 Å². The fourth-order valence-corrected chi connectivity index (χ4v) is 2.63. The number of rotatable bonds is 7. The summed E-state index contributed by atoms with van der Waals surface area (Å²) < 4.78 is 0. The maximum Gasteiger partial charge on any atom is 0.315 e. The summed E-state index contributed by atoms with van der Waals surface area (Å²) in [5, 5.41) is 15.0. The second kappa shape index (κ2) is 8.47. The van der Waals surface area contributed by atoms with Crippen molar-refractivity contribution in [3.8, 4) is 0 Å². The molecular weight excluding hydrogens is 254 g/mol. The maximum absolute atomic E-state index is 11.9. The van der Waals surface area contributed by atoms with Crippen LogP contribution in [-0.2, 0) is 0 Å². The van der Waals surface area contributed by atoms with Crippen molar-refractivity contribution in [2.24, 2.45) is 5.92 Å². The lowest BCUT2D eigenvalue weighted by atomic mass is 9.94. The van der Waals surface area contributed by atoms with Gasteiger partial charge in [-0.1, -0.05) is 6.92 Å². The number of aliphatic hydroxyl groups excluding tert-OH is 1. The highest BCUT2D eigenvalue weighted by Gasteiger charge is 2.23. The lowest BCUT2D eigenvalue weighted by molar-refractivity contribution is 0.196. The van der Waals surface area contributed by atoms with Crippen LogP contribution in [0, 0.1) is 5.92 Å². The van der Waals surface area contributed by atoms with E-state index in [1.54, 1.807) is 0 Å². The third-order valence-electron chi connectivity index (χ3n) is 4.54. The molecule has 0 bridgehead atoms. The Hall–Kier alpha value is -0.810. The van der Waals surface area contributed by atoms with Gasteiger partial charge in [0.2, 0.25) is 0 Å². The van der Waals surface area contributed by atoms with Gasteiger partial charge in [0.05, 0.1) is 0 Å². The van der Waals surface area contributed by atoms with Crippen molar-refractivity contribution in [1.29, 1.82) is 0 Å². The second-order valence-electron chi connectivity index (χ2n) is 6.30. The van der Waals surface area contributed by atoms with E-state index in [1.165, 1.54) is 25.9 Å². The Kier molecular flexibility index (Phi) is 7.30. The third-order valence-corrected chi connectivity index (χ3v) is 4.54. The minimum Gasteiger partial charge on any atom is -0.396 e. The van der Waals surface area contributed by atoms with Crippen molar-refractivity contribution in [2.45, 2.75) is 51.5 Å². The summed E-state index contributed by atoms with van der Waals surface area (Å²) in [6.07, 6.45) is 4.93. The lowest BCUT2D eigenvalue weighted by Gasteiger charge is -2.30. The summed E-state index contributed by atoms with van der Waals surface area (Å²) in [7, 11) is 2.16. The first-order valence-electron chi connectivity index (χ1n) is 7.84. The number of piperidine rings is 1. The van der Waals surface area contributed by atoms with Crippen LogP contribution in [0.2, 0.25) is 0 Å². The molecule has 0 spiro atoms. The van der Waals surface area contributed by atoms with E-state index in [0.29, 0.717) is 6.42 Å². The van der Waals surface area contributed by atoms with Crippen LogP contribution in [0.5, 0.6) is 0 Å². The Bertz CT molecular complexity index is 291. The summed E-state index contributed by atoms with van der Waals surface area (Å²) in [5.74, 6) is 0.738. The molecule has 1 heterocycles. The molecule has 0 aromatic carbocycles. The van der Waals surface area contributed by atoms with E-state index < -0.39 is 0 Å². The first-order chi connectivity index (χ1) is 9.49. The first-order valence-corrected chi connectivity index (χ1v) is 7.84. The Labute approximate surface area is 123 Å². The molecule has 2 amide bonds. The predicted octanol–water partition coefficient (Wildman–Crippen LogP) is 1.57. The Morgan fingerprint density at radius 2 is 2.05 bits per heavy atom. The smallest absolute Gasteiger partial charge is 0.315 e. The topological polar surface area (TPSA) is 64.6 Å². The molecule has 1 unspecified atom stereocenters. The van der Waals surface area contributed by atoms with Crippen LogP contribution < -0.4 is 10.6 Å². The SMILES string of the molecule is CCC(C)(CCO)NC(=O)NCCC1CCN(C)CC1. The molecule has 3 N–H and O–H groups in total. The van der Waals surface area contributed by atoms with Gasteiger partial charge in [-0.3, -0.25) is 0 Å². The summed E-state index contributed by atoms with van der Waals surface area (Å²) in [4.78, 5) is 14.2. The van der Waals surface area contributed by atoms with Gasteiger partial charge in [-0.15, -0.1) is 0 Å². The zero-order valence-corrected chi connectivity index (χ0v) is 13.2. The molecule has 0 aromatic rings. The van der Waals surface area contributed by atoms with Crippen LogP contribution in [-0.4, -0.2) is 54.9 Å². The van der Waals surface area contributed by atoms with Crippen molar-refractivity contribution in [3.63, 3.8) is 0 Å². The average molecular weight is 285 g/mol. The van der Waals surface area contributed by atoms with E-state index in [-0.39, 0.29) is 18.2 Å². The zero-order chi connectivity index (χ0) is 15.0. The first kappa shape index (κ1) is 17.2. The van der Waals surface area contributed by atoms with Crippen molar-refractivity contribution >= 4 is 6.03 Å². The van der Waals surface area contributed by atoms with Gasteiger partial charge in [0.25, 0.3) is 0 Å². The molecule has 1 fully saturated rings. The zero-order valence-electron chi connectivity index (χ0n) is 13.2. The van der Waals surface area contributed by atoms with Gasteiger partial charge >= 0.3 is 6.03 Å². The van der Waals surface area contributed by atoms with E-state index in [1.807, 2.05) is 13.8 Å². The lowest BCUT2D eigenvalue weighted by Crippen LogP contribution is -2.50. The molecule has 1 aliphatic rings. The highest BCUT2D eigenvalue weighted by Crippen LogP contribution is 2.18. The fourth-order valence-electron chi connectivity index (χ4n) is 2.63. The van der Waals surface area contributed by atoms with Crippen LogP contribution in [0.15, 0.2) is 0 Å². The van der Waals surface area contributed by atoms with E-state index in [2.05, 4.69) is 22.6 Å². The maximum atomic E-state index is 11.9. The highest BCUT2D eigenvalue weighted by atomic mass is 16.3. The molecule has 118 valence electrons.